The summed E-state index contributed by atoms with van der Waals surface area (Å²) in [5, 5.41) is 0. The molecule has 0 radical (unpaired) electrons. The molecule has 3 nitrogen and oxygen atoms in total. The quantitative estimate of drug-likeness (QED) is 0.897. The van der Waals surface area contributed by atoms with E-state index in [0.29, 0.717) is 12.1 Å². The number of nitrogens with two attached hydrogens (primary N) is 1. The van der Waals surface area contributed by atoms with Crippen molar-refractivity contribution in [1.82, 2.24) is 4.57 Å². The van der Waals surface area contributed by atoms with Crippen molar-refractivity contribution in [3.8, 4) is 0 Å². The lowest BCUT2D eigenvalue weighted by Gasteiger charge is -2.10. The van der Waals surface area contributed by atoms with Gasteiger partial charge in [-0.25, -0.2) is 4.39 Å². The molecular weight excluding hydrogens is 231 g/mol. The Morgan fingerprint density at radius 3 is 2.67 bits per heavy atom. The molecule has 0 atom stereocenters. The fourth-order valence-corrected chi connectivity index (χ4v) is 1.84. The summed E-state index contributed by atoms with van der Waals surface area (Å²) in [7, 11) is 0. The molecule has 0 aliphatic carbocycles. The highest BCUT2D eigenvalue weighted by Crippen LogP contribution is 2.12. The molecule has 0 unspecified atom stereocenters. The van der Waals surface area contributed by atoms with Crippen LogP contribution in [0.1, 0.15) is 16.8 Å². The van der Waals surface area contributed by atoms with E-state index in [1.165, 1.54) is 12.1 Å². The number of hydrogen-bond donors (Lipinski definition) is 1. The van der Waals surface area contributed by atoms with Crippen LogP contribution in [0.5, 0.6) is 0 Å². The van der Waals surface area contributed by atoms with Crippen LogP contribution in [0, 0.1) is 12.7 Å². The number of rotatable bonds is 3. The van der Waals surface area contributed by atoms with Crippen LogP contribution in [-0.2, 0) is 13.1 Å². The van der Waals surface area contributed by atoms with Gasteiger partial charge in [0.25, 0.3) is 5.56 Å². The Hall–Kier alpha value is -1.94. The van der Waals surface area contributed by atoms with Gasteiger partial charge >= 0.3 is 0 Å². The van der Waals surface area contributed by atoms with E-state index in [0.717, 1.165) is 11.3 Å². The van der Waals surface area contributed by atoms with Gasteiger partial charge in [-0.05, 0) is 24.6 Å². The largest absolute Gasteiger partial charge is 0.326 e. The van der Waals surface area contributed by atoms with E-state index in [9.17, 15) is 9.18 Å². The van der Waals surface area contributed by atoms with E-state index in [1.54, 1.807) is 22.8 Å². The highest BCUT2D eigenvalue weighted by molar-refractivity contribution is 5.25. The molecule has 4 heteroatoms. The predicted octanol–water partition coefficient (Wildman–Crippen LogP) is 1.80. The van der Waals surface area contributed by atoms with E-state index in [1.807, 2.05) is 13.0 Å². The van der Waals surface area contributed by atoms with Crippen molar-refractivity contribution in [2.75, 3.05) is 0 Å². The maximum absolute atomic E-state index is 13.8. The Labute approximate surface area is 105 Å². The molecule has 18 heavy (non-hydrogen) atoms. The summed E-state index contributed by atoms with van der Waals surface area (Å²) in [4.78, 5) is 11.7. The summed E-state index contributed by atoms with van der Waals surface area (Å²) >= 11 is 0. The van der Waals surface area contributed by atoms with Crippen LogP contribution in [0.4, 0.5) is 4.39 Å². The zero-order chi connectivity index (χ0) is 13.1. The number of nitrogens with zero attached hydrogens (tertiary/aromatic N) is 1. The van der Waals surface area contributed by atoms with Crippen LogP contribution in [0.25, 0.3) is 0 Å². The molecule has 0 saturated carbocycles. The van der Waals surface area contributed by atoms with Crippen LogP contribution < -0.4 is 11.3 Å². The van der Waals surface area contributed by atoms with Crippen molar-refractivity contribution in [3.05, 3.63) is 69.4 Å². The molecule has 0 amide bonds. The minimum absolute atomic E-state index is 0.127. The molecule has 0 fully saturated rings. The summed E-state index contributed by atoms with van der Waals surface area (Å²) in [6.07, 6.45) is 0. The molecule has 0 aliphatic rings. The van der Waals surface area contributed by atoms with E-state index < -0.39 is 0 Å². The first-order valence-electron chi connectivity index (χ1n) is 5.75. The van der Waals surface area contributed by atoms with E-state index >= 15 is 0 Å². The number of aryl methyl sites for hydroxylation is 1. The Morgan fingerprint density at radius 1 is 1.28 bits per heavy atom. The molecule has 0 aliphatic heterocycles. The van der Waals surface area contributed by atoms with Crippen LogP contribution >= 0.6 is 0 Å². The standard InChI is InChI=1S/C14H15FN2O/c1-10-3-2-4-14(18)17(10)9-12-6-5-11(8-16)7-13(12)15/h2-7H,8-9,16H2,1H3. The van der Waals surface area contributed by atoms with Crippen molar-refractivity contribution >= 4 is 0 Å². The number of hydrogen-bond acceptors (Lipinski definition) is 2. The first-order chi connectivity index (χ1) is 8.61. The second-order valence-corrected chi connectivity index (χ2v) is 4.22. The monoisotopic (exact) mass is 246 g/mol. The van der Waals surface area contributed by atoms with Gasteiger partial charge in [-0.15, -0.1) is 0 Å². The van der Waals surface area contributed by atoms with Crippen molar-refractivity contribution in [3.63, 3.8) is 0 Å². The molecule has 1 heterocycles. The van der Waals surface area contributed by atoms with Gasteiger partial charge in [0, 0.05) is 23.9 Å². The Morgan fingerprint density at radius 2 is 2.06 bits per heavy atom. The SMILES string of the molecule is Cc1cccc(=O)n1Cc1ccc(CN)cc1F. The third-order valence-corrected chi connectivity index (χ3v) is 2.95. The molecule has 1 aromatic heterocycles. The maximum atomic E-state index is 13.8. The fourth-order valence-electron chi connectivity index (χ4n) is 1.84. The van der Waals surface area contributed by atoms with E-state index in [4.69, 9.17) is 5.73 Å². The number of benzene rings is 1. The Balaban J connectivity index is 2.37. The lowest BCUT2D eigenvalue weighted by atomic mass is 10.1. The number of halogens is 1. The molecule has 0 saturated heterocycles. The zero-order valence-corrected chi connectivity index (χ0v) is 10.2. The van der Waals surface area contributed by atoms with Gasteiger partial charge in [-0.3, -0.25) is 4.79 Å². The Bertz CT molecular complexity index is 619. The van der Waals surface area contributed by atoms with Gasteiger partial charge in [-0.1, -0.05) is 18.2 Å². The summed E-state index contributed by atoms with van der Waals surface area (Å²) in [6, 6.07) is 9.87. The summed E-state index contributed by atoms with van der Waals surface area (Å²) in [5.41, 5.74) is 7.36. The lowest BCUT2D eigenvalue weighted by Crippen LogP contribution is -2.22. The normalized spacial score (nSPS) is 10.6. The first kappa shape index (κ1) is 12.5. The second kappa shape index (κ2) is 5.14. The molecule has 94 valence electrons. The predicted molar refractivity (Wildman–Crippen MR) is 68.8 cm³/mol. The van der Waals surface area contributed by atoms with Crippen molar-refractivity contribution < 1.29 is 4.39 Å². The third kappa shape index (κ3) is 2.49. The van der Waals surface area contributed by atoms with Crippen LogP contribution in [0.3, 0.4) is 0 Å². The maximum Gasteiger partial charge on any atom is 0.251 e. The summed E-state index contributed by atoms with van der Waals surface area (Å²) in [6.45, 7) is 2.37. The van der Waals surface area contributed by atoms with Crippen LogP contribution in [-0.4, -0.2) is 4.57 Å². The summed E-state index contributed by atoms with van der Waals surface area (Å²) in [5.74, 6) is -0.326. The van der Waals surface area contributed by atoms with Crippen molar-refractivity contribution in [2.24, 2.45) is 5.73 Å². The first-order valence-corrected chi connectivity index (χ1v) is 5.75. The average Bonchev–Trinajstić information content (AvgIpc) is 2.35. The Kier molecular flexibility index (Phi) is 3.58. The van der Waals surface area contributed by atoms with E-state index in [2.05, 4.69) is 0 Å². The van der Waals surface area contributed by atoms with Gasteiger partial charge in [0.05, 0.1) is 6.54 Å². The molecule has 2 rings (SSSR count). The zero-order valence-electron chi connectivity index (χ0n) is 10.2. The van der Waals surface area contributed by atoms with E-state index in [-0.39, 0.29) is 17.9 Å². The van der Waals surface area contributed by atoms with Gasteiger partial charge < -0.3 is 10.3 Å². The second-order valence-electron chi connectivity index (χ2n) is 4.22. The summed E-state index contributed by atoms with van der Waals surface area (Å²) < 4.78 is 15.4. The molecule has 2 aromatic rings. The smallest absolute Gasteiger partial charge is 0.251 e. The average molecular weight is 246 g/mol. The van der Waals surface area contributed by atoms with Crippen molar-refractivity contribution in [2.45, 2.75) is 20.0 Å². The highest BCUT2D eigenvalue weighted by Gasteiger charge is 2.06. The van der Waals surface area contributed by atoms with Crippen LogP contribution in [0.15, 0.2) is 41.2 Å². The van der Waals surface area contributed by atoms with Crippen LogP contribution in [0.2, 0.25) is 0 Å². The number of pyridine rings is 1. The minimum Gasteiger partial charge on any atom is -0.326 e. The fraction of sp³-hybridized carbons (Fsp3) is 0.214. The van der Waals surface area contributed by atoms with Crippen molar-refractivity contribution in [1.29, 1.82) is 0 Å². The third-order valence-electron chi connectivity index (χ3n) is 2.95. The highest BCUT2D eigenvalue weighted by atomic mass is 19.1. The molecule has 1 aromatic carbocycles. The van der Waals surface area contributed by atoms with Gasteiger partial charge in [0.15, 0.2) is 0 Å². The lowest BCUT2D eigenvalue weighted by molar-refractivity contribution is 0.591. The van der Waals surface area contributed by atoms with Gasteiger partial charge in [0.2, 0.25) is 0 Å². The minimum atomic E-state index is -0.326. The molecule has 0 bridgehead atoms. The van der Waals surface area contributed by atoms with Gasteiger partial charge in [-0.2, -0.15) is 0 Å². The molecule has 2 N–H and O–H groups in total. The number of aromatic nitrogens is 1. The van der Waals surface area contributed by atoms with Gasteiger partial charge in [0.1, 0.15) is 5.82 Å². The molecular formula is C14H15FN2O. The topological polar surface area (TPSA) is 48.0 Å². The molecule has 0 spiro atoms.